The third-order valence-electron chi connectivity index (χ3n) is 3.62. The average Bonchev–Trinajstić information content (AvgIpc) is 3.00. The SMILES string of the molecule is CC.Cc1cccc2c(C(=O)/C(N)=C/C=C\C(C)C(F)(F)F)c[nH]c12. The Balaban J connectivity index is 0.00000151. The predicted octanol–water partition coefficient (Wildman–Crippen LogP) is 5.28. The molecular formula is C19H23F3N2O. The van der Waals surface area contributed by atoms with Crippen LogP contribution in [0.4, 0.5) is 13.2 Å². The molecule has 0 aliphatic heterocycles. The molecule has 2 rings (SSSR count). The molecule has 2 aromatic rings. The second-order valence-electron chi connectivity index (χ2n) is 5.37. The van der Waals surface area contributed by atoms with Gasteiger partial charge in [-0.15, -0.1) is 0 Å². The van der Waals surface area contributed by atoms with Crippen LogP contribution in [0.3, 0.4) is 0 Å². The maximum Gasteiger partial charge on any atom is 0.394 e. The molecule has 0 aliphatic carbocycles. The largest absolute Gasteiger partial charge is 0.396 e. The number of rotatable bonds is 4. The third-order valence-corrected chi connectivity index (χ3v) is 3.62. The molecule has 0 radical (unpaired) electrons. The average molecular weight is 352 g/mol. The van der Waals surface area contributed by atoms with Gasteiger partial charge in [-0.05, 0) is 18.6 Å². The first kappa shape index (κ1) is 20.5. The summed E-state index contributed by atoms with van der Waals surface area (Å²) in [5.41, 5.74) is 7.81. The van der Waals surface area contributed by atoms with E-state index in [-0.39, 0.29) is 5.70 Å². The van der Waals surface area contributed by atoms with Crippen LogP contribution in [-0.4, -0.2) is 16.9 Å². The van der Waals surface area contributed by atoms with Gasteiger partial charge in [0.05, 0.1) is 11.6 Å². The molecule has 0 saturated carbocycles. The van der Waals surface area contributed by atoms with Crippen molar-refractivity contribution in [1.82, 2.24) is 4.98 Å². The van der Waals surface area contributed by atoms with Gasteiger partial charge < -0.3 is 10.7 Å². The molecule has 1 heterocycles. The maximum atomic E-state index is 12.4. The number of aryl methyl sites for hydroxylation is 1. The zero-order valence-corrected chi connectivity index (χ0v) is 14.7. The highest BCUT2D eigenvalue weighted by Crippen LogP contribution is 2.26. The van der Waals surface area contributed by atoms with Crippen LogP contribution in [0.15, 0.2) is 48.3 Å². The van der Waals surface area contributed by atoms with E-state index in [1.54, 1.807) is 12.3 Å². The number of hydrogen-bond acceptors (Lipinski definition) is 2. The highest BCUT2D eigenvalue weighted by molar-refractivity contribution is 6.16. The molecule has 0 aliphatic rings. The zero-order valence-electron chi connectivity index (χ0n) is 14.7. The fourth-order valence-electron chi connectivity index (χ4n) is 2.16. The van der Waals surface area contributed by atoms with E-state index in [1.165, 1.54) is 6.08 Å². The quantitative estimate of drug-likeness (QED) is 0.447. The summed E-state index contributed by atoms with van der Waals surface area (Å²) in [6, 6.07) is 5.53. The van der Waals surface area contributed by atoms with E-state index in [4.69, 9.17) is 5.73 Å². The van der Waals surface area contributed by atoms with E-state index >= 15 is 0 Å². The number of halogens is 3. The minimum absolute atomic E-state index is 0.113. The highest BCUT2D eigenvalue weighted by Gasteiger charge is 2.33. The van der Waals surface area contributed by atoms with Gasteiger partial charge in [-0.2, -0.15) is 13.2 Å². The Bertz CT molecular complexity index is 786. The number of H-pyrrole nitrogens is 1. The first-order valence-corrected chi connectivity index (χ1v) is 8.04. The molecule has 0 amide bonds. The van der Waals surface area contributed by atoms with E-state index in [2.05, 4.69) is 4.98 Å². The number of carbonyl (C=O) groups is 1. The second-order valence-corrected chi connectivity index (χ2v) is 5.37. The summed E-state index contributed by atoms with van der Waals surface area (Å²) >= 11 is 0. The number of benzene rings is 1. The number of aromatic amines is 1. The minimum atomic E-state index is -4.31. The van der Waals surface area contributed by atoms with Crippen molar-refractivity contribution in [2.24, 2.45) is 11.7 Å². The fourth-order valence-corrected chi connectivity index (χ4v) is 2.16. The van der Waals surface area contributed by atoms with Crippen LogP contribution >= 0.6 is 0 Å². The molecule has 1 atom stereocenters. The molecule has 1 aromatic heterocycles. The number of Topliss-reactive ketones (excluding diaryl/α,β-unsaturated/α-hetero) is 1. The van der Waals surface area contributed by atoms with Crippen molar-refractivity contribution in [1.29, 1.82) is 0 Å². The number of allylic oxidation sites excluding steroid dienone is 4. The molecule has 6 heteroatoms. The van der Waals surface area contributed by atoms with Gasteiger partial charge in [0.15, 0.2) is 0 Å². The Morgan fingerprint density at radius 1 is 1.28 bits per heavy atom. The van der Waals surface area contributed by atoms with Gasteiger partial charge in [-0.3, -0.25) is 4.79 Å². The van der Waals surface area contributed by atoms with Crippen molar-refractivity contribution in [3.8, 4) is 0 Å². The normalized spacial score (nSPS) is 13.6. The lowest BCUT2D eigenvalue weighted by Gasteiger charge is -2.10. The Morgan fingerprint density at radius 2 is 1.92 bits per heavy atom. The van der Waals surface area contributed by atoms with Gasteiger partial charge in [0.25, 0.3) is 0 Å². The Morgan fingerprint density at radius 3 is 2.52 bits per heavy atom. The number of fused-ring (bicyclic) bond motifs is 1. The minimum Gasteiger partial charge on any atom is -0.396 e. The van der Waals surface area contributed by atoms with E-state index in [1.807, 2.05) is 32.9 Å². The number of para-hydroxylation sites is 1. The van der Waals surface area contributed by atoms with Crippen LogP contribution in [0, 0.1) is 12.8 Å². The Hall–Kier alpha value is -2.50. The highest BCUT2D eigenvalue weighted by atomic mass is 19.4. The van der Waals surface area contributed by atoms with Crippen LogP contribution in [-0.2, 0) is 0 Å². The molecule has 25 heavy (non-hydrogen) atoms. The molecule has 0 fully saturated rings. The van der Waals surface area contributed by atoms with Gasteiger partial charge in [0.1, 0.15) is 0 Å². The zero-order chi connectivity index (χ0) is 19.2. The van der Waals surface area contributed by atoms with E-state index < -0.39 is 17.9 Å². The topological polar surface area (TPSA) is 58.9 Å². The maximum absolute atomic E-state index is 12.4. The molecule has 0 spiro atoms. The number of hydrogen-bond donors (Lipinski definition) is 2. The fraction of sp³-hybridized carbons (Fsp3) is 0.316. The molecule has 3 nitrogen and oxygen atoms in total. The van der Waals surface area contributed by atoms with E-state index in [0.717, 1.165) is 35.5 Å². The summed E-state index contributed by atoms with van der Waals surface area (Å²) in [6.45, 7) is 6.94. The van der Waals surface area contributed by atoms with Crippen molar-refractivity contribution < 1.29 is 18.0 Å². The lowest BCUT2D eigenvalue weighted by Crippen LogP contribution is -2.17. The lowest BCUT2D eigenvalue weighted by atomic mass is 10.0. The summed E-state index contributed by atoms with van der Waals surface area (Å²) in [5.74, 6) is -2.02. The summed E-state index contributed by atoms with van der Waals surface area (Å²) in [7, 11) is 0. The van der Waals surface area contributed by atoms with Gasteiger partial charge in [0.2, 0.25) is 5.78 Å². The van der Waals surface area contributed by atoms with Crippen LogP contribution in [0.5, 0.6) is 0 Å². The van der Waals surface area contributed by atoms with Crippen molar-refractivity contribution in [3.63, 3.8) is 0 Å². The number of alkyl halides is 3. The molecular weight excluding hydrogens is 329 g/mol. The van der Waals surface area contributed by atoms with Crippen LogP contribution in [0.2, 0.25) is 0 Å². The summed E-state index contributed by atoms with van der Waals surface area (Å²) < 4.78 is 37.2. The smallest absolute Gasteiger partial charge is 0.394 e. The van der Waals surface area contributed by atoms with Gasteiger partial charge in [-0.25, -0.2) is 0 Å². The third kappa shape index (κ3) is 4.98. The van der Waals surface area contributed by atoms with Crippen molar-refractivity contribution in [2.75, 3.05) is 0 Å². The standard InChI is InChI=1S/C17H17F3N2O.C2H6/c1-10-5-3-7-12-13(9-22-15(10)12)16(23)14(21)8-4-6-11(2)17(18,19)20;1-2/h3-9,11,22H,21H2,1-2H3;1-2H3/b6-4-,14-8-;. The second kappa shape index (κ2) is 8.55. The van der Waals surface area contributed by atoms with Crippen molar-refractivity contribution in [3.05, 3.63) is 59.4 Å². The molecule has 0 bridgehead atoms. The predicted molar refractivity (Wildman–Crippen MR) is 95.3 cm³/mol. The first-order valence-electron chi connectivity index (χ1n) is 8.04. The molecule has 0 saturated heterocycles. The van der Waals surface area contributed by atoms with Gasteiger partial charge in [0, 0.05) is 22.7 Å². The van der Waals surface area contributed by atoms with Crippen molar-refractivity contribution in [2.45, 2.75) is 33.9 Å². The molecule has 3 N–H and O–H groups in total. The molecule has 1 unspecified atom stereocenters. The lowest BCUT2D eigenvalue weighted by molar-refractivity contribution is -0.156. The number of nitrogens with one attached hydrogen (secondary N) is 1. The van der Waals surface area contributed by atoms with Crippen LogP contribution in [0.1, 0.15) is 36.7 Å². The van der Waals surface area contributed by atoms with Crippen LogP contribution in [0.25, 0.3) is 10.9 Å². The Labute approximate surface area is 145 Å². The number of ketones is 1. The number of aromatic nitrogens is 1. The van der Waals surface area contributed by atoms with Gasteiger partial charge >= 0.3 is 6.18 Å². The first-order chi connectivity index (χ1) is 11.7. The van der Waals surface area contributed by atoms with E-state index in [0.29, 0.717) is 5.56 Å². The summed E-state index contributed by atoms with van der Waals surface area (Å²) in [4.78, 5) is 15.4. The molecule has 136 valence electrons. The van der Waals surface area contributed by atoms with Crippen molar-refractivity contribution >= 4 is 16.7 Å². The summed E-state index contributed by atoms with van der Waals surface area (Å²) in [6.07, 6.45) is 0.560. The number of carbonyl (C=O) groups excluding carboxylic acids is 1. The Kier molecular flexibility index (Phi) is 7.03. The van der Waals surface area contributed by atoms with Gasteiger partial charge in [-0.1, -0.05) is 51.1 Å². The molecule has 1 aromatic carbocycles. The summed E-state index contributed by atoms with van der Waals surface area (Å²) in [5, 5.41) is 0.735. The van der Waals surface area contributed by atoms with E-state index in [9.17, 15) is 18.0 Å². The number of nitrogens with two attached hydrogens (primary N) is 1. The monoisotopic (exact) mass is 352 g/mol. The van der Waals surface area contributed by atoms with Crippen LogP contribution < -0.4 is 5.73 Å².